The average Bonchev–Trinajstić information content (AvgIpc) is 1.88. The van der Waals surface area contributed by atoms with Crippen molar-refractivity contribution in [3.63, 3.8) is 0 Å². The van der Waals surface area contributed by atoms with Gasteiger partial charge in [0.05, 0.1) is 0 Å². The van der Waals surface area contributed by atoms with Crippen molar-refractivity contribution < 1.29 is 9.90 Å². The minimum atomic E-state index is -1.00. The van der Waals surface area contributed by atoms with E-state index in [4.69, 9.17) is 10.8 Å². The maximum atomic E-state index is 9.76. The maximum Gasteiger partial charge on any atom is 0.321 e. The number of hydrogen-bond acceptors (Lipinski definition) is 5. The molecule has 1 atom stereocenters. The number of thiol groups is 2. The van der Waals surface area contributed by atoms with Crippen LogP contribution in [0.15, 0.2) is 3.77 Å². The van der Waals surface area contributed by atoms with Crippen molar-refractivity contribution in [1.29, 1.82) is 0 Å². The Hall–Kier alpha value is 0.150. The van der Waals surface area contributed by atoms with Gasteiger partial charge in [-0.3, -0.25) is 4.79 Å². The lowest BCUT2D eigenvalue weighted by atomic mass is 10.4. The van der Waals surface area contributed by atoms with Crippen LogP contribution < -0.4 is 5.73 Å². The van der Waals surface area contributed by atoms with Gasteiger partial charge in [-0.2, -0.15) is 16.4 Å². The summed E-state index contributed by atoms with van der Waals surface area (Å²) in [5, 5.41) is 8.01. The van der Waals surface area contributed by atoms with Crippen LogP contribution in [0.2, 0.25) is 0 Å². The minimum absolute atomic E-state index is 0.190. The molecule has 0 aromatic heterocycles. The molecule has 4 nitrogen and oxygen atoms in total. The summed E-state index contributed by atoms with van der Waals surface area (Å²) in [6.07, 6.45) is 0. The molecule has 0 fully saturated rings. The van der Waals surface area contributed by atoms with E-state index in [-0.39, 0.29) is 5.75 Å². The monoisotopic (exact) mass is 200 g/mol. The van der Waals surface area contributed by atoms with Gasteiger partial charge in [0.1, 0.15) is 6.04 Å². The van der Waals surface area contributed by atoms with Crippen molar-refractivity contribution in [2.24, 2.45) is 9.50 Å². The van der Waals surface area contributed by atoms with Gasteiger partial charge in [0.15, 0.2) is 0 Å². The summed E-state index contributed by atoms with van der Waals surface area (Å²) in [5.74, 6) is -0.815. The van der Waals surface area contributed by atoms with Crippen LogP contribution in [0, 0.1) is 0 Å². The Kier molecular flexibility index (Phi) is 11.7. The number of aliphatic carboxylic acids is 1. The Bertz CT molecular complexity index is 110. The highest BCUT2D eigenvalue weighted by Gasteiger charge is 2.06. The van der Waals surface area contributed by atoms with E-state index in [2.05, 4.69) is 41.6 Å². The predicted octanol–water partition coefficient (Wildman–Crippen LogP) is -0.110. The van der Waals surface area contributed by atoms with E-state index >= 15 is 0 Å². The Labute approximate surface area is 75.3 Å². The molecule has 0 spiro atoms. The molecule has 0 radical (unpaired) electrons. The third-order valence-corrected chi connectivity index (χ3v) is 0.907. The Morgan fingerprint density at radius 3 is 2.20 bits per heavy atom. The van der Waals surface area contributed by atoms with Gasteiger partial charge < -0.3 is 10.8 Å². The maximum absolute atomic E-state index is 9.76. The van der Waals surface area contributed by atoms with E-state index in [1.54, 1.807) is 0 Å². The van der Waals surface area contributed by atoms with Crippen LogP contribution in [-0.4, -0.2) is 22.9 Å². The molecular formula is C3H8N2O2S3. The molecule has 10 heavy (non-hydrogen) atoms. The third kappa shape index (κ3) is 11.0. The second-order valence-corrected chi connectivity index (χ2v) is 2.23. The topological polar surface area (TPSA) is 75.7 Å². The standard InChI is InChI=1S/C3H7NO2S.HNS2/c4-2(1-7)3(5)6;2-1-3/h2,7H,1,4H2,(H,5,6);(H,2,3). The van der Waals surface area contributed by atoms with Crippen LogP contribution in [0.25, 0.3) is 0 Å². The largest absolute Gasteiger partial charge is 0.480 e. The number of carboxylic acids is 1. The number of hydrogen-bond donors (Lipinski definition) is 4. The summed E-state index contributed by atoms with van der Waals surface area (Å²) in [7, 11) is 0. The van der Waals surface area contributed by atoms with E-state index in [0.29, 0.717) is 0 Å². The third-order valence-electron chi connectivity index (χ3n) is 0.514. The SMILES string of the molecule is NC(CS)C(=O)O.S=NS. The minimum Gasteiger partial charge on any atom is -0.480 e. The summed E-state index contributed by atoms with van der Waals surface area (Å²) in [4.78, 5) is 9.76. The van der Waals surface area contributed by atoms with Gasteiger partial charge in [-0.05, 0) is 12.8 Å². The van der Waals surface area contributed by atoms with E-state index in [1.165, 1.54) is 0 Å². The number of nitrogens with zero attached hydrogens (tertiary/aromatic N) is 1. The van der Waals surface area contributed by atoms with E-state index < -0.39 is 12.0 Å². The molecule has 1 unspecified atom stereocenters. The Morgan fingerprint density at radius 2 is 2.20 bits per heavy atom. The highest BCUT2D eigenvalue weighted by atomic mass is 32.2. The highest BCUT2D eigenvalue weighted by Crippen LogP contribution is 1.80. The van der Waals surface area contributed by atoms with Gasteiger partial charge in [-0.25, -0.2) is 0 Å². The molecule has 0 aliphatic heterocycles. The Balaban J connectivity index is 0. The Morgan fingerprint density at radius 1 is 1.90 bits per heavy atom. The van der Waals surface area contributed by atoms with Crippen LogP contribution in [0.4, 0.5) is 0 Å². The fourth-order valence-corrected chi connectivity index (χ4v) is 0.234. The summed E-state index contributed by atoms with van der Waals surface area (Å²) in [6, 6.07) is -0.816. The van der Waals surface area contributed by atoms with Crippen molar-refractivity contribution >= 4 is 43.8 Å². The zero-order valence-corrected chi connectivity index (χ0v) is 7.57. The molecule has 0 saturated carbocycles. The smallest absolute Gasteiger partial charge is 0.321 e. The first-order chi connectivity index (χ1) is 4.59. The molecule has 0 aromatic rings. The van der Waals surface area contributed by atoms with Crippen LogP contribution in [0.1, 0.15) is 0 Å². The molecule has 60 valence electrons. The summed E-state index contributed by atoms with van der Waals surface area (Å²) < 4.78 is 2.78. The van der Waals surface area contributed by atoms with Gasteiger partial charge in [-0.1, -0.05) is 0 Å². The lowest BCUT2D eigenvalue weighted by Crippen LogP contribution is -2.31. The predicted molar refractivity (Wildman–Crippen MR) is 48.2 cm³/mol. The van der Waals surface area contributed by atoms with Gasteiger partial charge in [0.25, 0.3) is 0 Å². The zero-order valence-electron chi connectivity index (χ0n) is 4.97. The van der Waals surface area contributed by atoms with Crippen molar-refractivity contribution in [2.75, 3.05) is 5.75 Å². The fourth-order valence-electron chi connectivity index (χ4n) is 0.0781. The van der Waals surface area contributed by atoms with Crippen LogP contribution in [0.3, 0.4) is 0 Å². The van der Waals surface area contributed by atoms with Gasteiger partial charge in [-0.15, -0.1) is 0 Å². The van der Waals surface area contributed by atoms with Gasteiger partial charge in [0, 0.05) is 18.2 Å². The average molecular weight is 200 g/mol. The molecule has 0 amide bonds. The fraction of sp³-hybridized carbons (Fsp3) is 0.667. The molecule has 3 N–H and O–H groups in total. The number of nitrogens with two attached hydrogens (primary N) is 1. The summed E-state index contributed by atoms with van der Waals surface area (Å²) in [5.41, 5.74) is 4.94. The van der Waals surface area contributed by atoms with E-state index in [0.717, 1.165) is 0 Å². The molecule has 0 heterocycles. The van der Waals surface area contributed by atoms with Crippen LogP contribution in [0.5, 0.6) is 0 Å². The first-order valence-electron chi connectivity index (χ1n) is 2.16. The van der Waals surface area contributed by atoms with Gasteiger partial charge >= 0.3 is 5.97 Å². The number of carbonyl (C=O) groups is 1. The van der Waals surface area contributed by atoms with Crippen molar-refractivity contribution in [3.05, 3.63) is 0 Å². The van der Waals surface area contributed by atoms with E-state index in [9.17, 15) is 4.79 Å². The second kappa shape index (κ2) is 9.15. The summed E-state index contributed by atoms with van der Waals surface area (Å²) >= 11 is 10.8. The second-order valence-electron chi connectivity index (χ2n) is 1.21. The quantitative estimate of drug-likeness (QED) is 0.469. The van der Waals surface area contributed by atoms with Crippen molar-refractivity contribution in [2.45, 2.75) is 6.04 Å². The molecular weight excluding hydrogens is 192 g/mol. The van der Waals surface area contributed by atoms with Crippen molar-refractivity contribution in [1.82, 2.24) is 0 Å². The molecule has 0 saturated heterocycles. The molecule has 0 bridgehead atoms. The lowest BCUT2D eigenvalue weighted by molar-refractivity contribution is -0.137. The molecule has 0 aliphatic carbocycles. The van der Waals surface area contributed by atoms with Gasteiger partial charge in [0.2, 0.25) is 0 Å². The summed E-state index contributed by atoms with van der Waals surface area (Å²) in [6.45, 7) is 0. The molecule has 0 rings (SSSR count). The van der Waals surface area contributed by atoms with Crippen molar-refractivity contribution in [3.8, 4) is 0 Å². The van der Waals surface area contributed by atoms with Crippen LogP contribution >= 0.6 is 25.4 Å². The lowest BCUT2D eigenvalue weighted by Gasteiger charge is -1.96. The van der Waals surface area contributed by atoms with E-state index in [1.807, 2.05) is 0 Å². The number of rotatable bonds is 2. The molecule has 7 heteroatoms. The molecule has 0 aliphatic rings. The normalized spacial score (nSPS) is 10.7. The first-order valence-corrected chi connectivity index (χ1v) is 3.55. The molecule has 0 aromatic carbocycles. The van der Waals surface area contributed by atoms with Crippen LogP contribution in [-0.2, 0) is 17.2 Å². The zero-order chi connectivity index (χ0) is 8.57. The number of carboxylic acid groups (broad SMARTS) is 1. The first kappa shape index (κ1) is 12.8. The highest BCUT2D eigenvalue weighted by molar-refractivity contribution is 7.82.